The number of rotatable bonds is 5. The van der Waals surface area contributed by atoms with Crippen molar-refractivity contribution in [3.05, 3.63) is 197 Å². The number of nitrogens with zero attached hydrogens (tertiary/aromatic N) is 4. The molecule has 0 N–H and O–H groups in total. The fourth-order valence-corrected chi connectivity index (χ4v) is 9.16. The van der Waals surface area contributed by atoms with Crippen molar-refractivity contribution in [1.82, 2.24) is 9.13 Å². The van der Waals surface area contributed by atoms with Crippen molar-refractivity contribution in [3.63, 3.8) is 0 Å². The van der Waals surface area contributed by atoms with E-state index in [0.717, 1.165) is 77.2 Å². The van der Waals surface area contributed by atoms with Crippen LogP contribution in [-0.4, -0.2) is 9.13 Å². The van der Waals surface area contributed by atoms with E-state index in [2.05, 4.69) is 181 Å². The van der Waals surface area contributed by atoms with Crippen molar-refractivity contribution in [1.29, 1.82) is 5.26 Å². The molecule has 4 nitrogen and oxygen atoms in total. The normalized spacial score (nSPS) is 11.4. The van der Waals surface area contributed by atoms with Crippen LogP contribution < -0.4 is 0 Å². The summed E-state index contributed by atoms with van der Waals surface area (Å²) in [4.78, 5) is 4.45. The van der Waals surface area contributed by atoms with Crippen LogP contribution in [0.2, 0.25) is 0 Å². The smallest absolute Gasteiger partial charge is 0.234 e. The number of hydrogen-bond acceptors (Lipinski definition) is 1. The molecule has 8 aromatic carbocycles. The van der Waals surface area contributed by atoms with Crippen LogP contribution in [0.15, 0.2) is 158 Å². The predicted octanol–water partition coefficient (Wildman–Crippen LogP) is 14.5. The monoisotopic (exact) mass is 742 g/mol. The van der Waals surface area contributed by atoms with Gasteiger partial charge in [0.05, 0.1) is 51.6 Å². The zero-order valence-corrected chi connectivity index (χ0v) is 32.8. The first-order valence-corrected chi connectivity index (χ1v) is 19.6. The van der Waals surface area contributed by atoms with Gasteiger partial charge in [-0.25, -0.2) is 4.85 Å². The topological polar surface area (TPSA) is 38.0 Å². The Labute approximate surface area is 337 Å². The fraction of sp³-hybridized carbons (Fsp3) is 0.0741. The Kier molecular flexibility index (Phi) is 8.11. The number of para-hydroxylation sites is 2. The average molecular weight is 743 g/mol. The molecule has 0 spiro atoms. The van der Waals surface area contributed by atoms with Crippen LogP contribution >= 0.6 is 0 Å². The molecule has 0 atom stereocenters. The Morgan fingerprint density at radius 3 is 1.52 bits per heavy atom. The van der Waals surface area contributed by atoms with Crippen LogP contribution in [0.5, 0.6) is 0 Å². The van der Waals surface area contributed by atoms with Gasteiger partial charge in [-0.15, -0.1) is 0 Å². The highest BCUT2D eigenvalue weighted by Crippen LogP contribution is 2.46. The lowest BCUT2D eigenvalue weighted by atomic mass is 9.98. The molecule has 0 aliphatic heterocycles. The number of aromatic nitrogens is 2. The number of hydrogen-bond donors (Lipinski definition) is 0. The van der Waals surface area contributed by atoms with Crippen molar-refractivity contribution in [2.45, 2.75) is 27.7 Å². The molecule has 274 valence electrons. The molecule has 0 saturated carbocycles. The molecule has 2 aromatic heterocycles. The van der Waals surface area contributed by atoms with Gasteiger partial charge in [0.15, 0.2) is 0 Å². The molecule has 0 bridgehead atoms. The van der Waals surface area contributed by atoms with E-state index in [1.807, 2.05) is 24.3 Å². The van der Waals surface area contributed by atoms with Gasteiger partial charge in [-0.2, -0.15) is 5.26 Å². The SMILES string of the molecule is [C-]#[N+]c1c(-n2c3ccccc3c3cc(-c4cc(C)cc(C)c4)ccc32)ccc(-c2cccc(C#N)c2)c1-n1c2ccccc2c2cc(-c3cc(C)cc(C)c3)ccc21. The Hall–Kier alpha value is -7.66. The molecule has 0 saturated heterocycles. The van der Waals surface area contributed by atoms with E-state index < -0.39 is 0 Å². The van der Waals surface area contributed by atoms with E-state index >= 15 is 0 Å². The molecule has 0 fully saturated rings. The summed E-state index contributed by atoms with van der Waals surface area (Å²) >= 11 is 0. The second-order valence-corrected chi connectivity index (χ2v) is 15.6. The van der Waals surface area contributed by atoms with E-state index in [1.165, 1.54) is 33.4 Å². The Morgan fingerprint density at radius 1 is 0.448 bits per heavy atom. The molecule has 10 rings (SSSR count). The molecule has 10 aromatic rings. The van der Waals surface area contributed by atoms with E-state index in [0.29, 0.717) is 11.3 Å². The number of nitriles is 1. The van der Waals surface area contributed by atoms with E-state index in [-0.39, 0.29) is 0 Å². The molecule has 2 heterocycles. The summed E-state index contributed by atoms with van der Waals surface area (Å²) in [6.07, 6.45) is 0. The lowest BCUT2D eigenvalue weighted by molar-refractivity contribution is 1.15. The van der Waals surface area contributed by atoms with Crippen molar-refractivity contribution < 1.29 is 0 Å². The van der Waals surface area contributed by atoms with Gasteiger partial charge in [-0.3, -0.25) is 0 Å². The summed E-state index contributed by atoms with van der Waals surface area (Å²) in [5.74, 6) is 0. The number of aryl methyl sites for hydroxylation is 4. The van der Waals surface area contributed by atoms with Crippen molar-refractivity contribution in [2.75, 3.05) is 0 Å². The molecule has 4 heteroatoms. The molecule has 0 radical (unpaired) electrons. The first-order chi connectivity index (χ1) is 28.3. The minimum Gasteiger partial charge on any atom is -0.319 e. The molecule has 0 aliphatic rings. The zero-order valence-electron chi connectivity index (χ0n) is 32.8. The highest BCUT2D eigenvalue weighted by Gasteiger charge is 2.25. The lowest BCUT2D eigenvalue weighted by Gasteiger charge is -2.20. The van der Waals surface area contributed by atoms with E-state index in [9.17, 15) is 5.26 Å². The van der Waals surface area contributed by atoms with Crippen molar-refractivity contribution in [2.24, 2.45) is 0 Å². The first-order valence-electron chi connectivity index (χ1n) is 19.6. The number of fused-ring (bicyclic) bond motifs is 6. The van der Waals surface area contributed by atoms with Crippen LogP contribution in [0.3, 0.4) is 0 Å². The minimum atomic E-state index is 0.530. The summed E-state index contributed by atoms with van der Waals surface area (Å²) in [7, 11) is 0. The van der Waals surface area contributed by atoms with Gasteiger partial charge < -0.3 is 9.13 Å². The van der Waals surface area contributed by atoms with Crippen LogP contribution in [-0.2, 0) is 0 Å². The molecular formula is C54H38N4. The Balaban J connectivity index is 1.29. The maximum absolute atomic E-state index is 9.98. The van der Waals surface area contributed by atoms with Gasteiger partial charge in [0.25, 0.3) is 0 Å². The highest BCUT2D eigenvalue weighted by molar-refractivity contribution is 6.13. The third-order valence-corrected chi connectivity index (χ3v) is 11.5. The fourth-order valence-electron chi connectivity index (χ4n) is 9.16. The Morgan fingerprint density at radius 2 is 0.966 bits per heavy atom. The summed E-state index contributed by atoms with van der Waals surface area (Å²) in [5, 5.41) is 14.5. The van der Waals surface area contributed by atoms with Gasteiger partial charge in [-0.1, -0.05) is 125 Å². The molecule has 0 aliphatic carbocycles. The average Bonchev–Trinajstić information content (AvgIpc) is 3.74. The van der Waals surface area contributed by atoms with Gasteiger partial charge in [-0.05, 0) is 116 Å². The molecule has 58 heavy (non-hydrogen) atoms. The maximum Gasteiger partial charge on any atom is 0.234 e. The van der Waals surface area contributed by atoms with E-state index in [1.54, 1.807) is 0 Å². The molecule has 0 unspecified atom stereocenters. The van der Waals surface area contributed by atoms with Crippen molar-refractivity contribution in [3.8, 4) is 50.8 Å². The molecular weight excluding hydrogens is 705 g/mol. The maximum atomic E-state index is 9.98. The second kappa shape index (κ2) is 13.5. The van der Waals surface area contributed by atoms with Crippen LogP contribution in [0.25, 0.3) is 93.2 Å². The van der Waals surface area contributed by atoms with Crippen LogP contribution in [0.4, 0.5) is 5.69 Å². The van der Waals surface area contributed by atoms with Crippen molar-refractivity contribution >= 4 is 49.3 Å². The predicted molar refractivity (Wildman–Crippen MR) is 241 cm³/mol. The van der Waals surface area contributed by atoms with Gasteiger partial charge in [0.2, 0.25) is 5.69 Å². The highest BCUT2D eigenvalue weighted by atomic mass is 15.1. The first kappa shape index (κ1) is 34.8. The van der Waals surface area contributed by atoms with Crippen LogP contribution in [0, 0.1) is 45.6 Å². The summed E-state index contributed by atoms with van der Waals surface area (Å²) in [5.41, 5.74) is 18.1. The van der Waals surface area contributed by atoms with Gasteiger partial charge in [0, 0.05) is 21.5 Å². The largest absolute Gasteiger partial charge is 0.319 e. The van der Waals surface area contributed by atoms with Gasteiger partial charge >= 0.3 is 0 Å². The van der Waals surface area contributed by atoms with Gasteiger partial charge in [0.1, 0.15) is 0 Å². The van der Waals surface area contributed by atoms with E-state index in [4.69, 9.17) is 6.57 Å². The summed E-state index contributed by atoms with van der Waals surface area (Å²) in [6.45, 7) is 17.6. The third kappa shape index (κ3) is 5.58. The minimum absolute atomic E-state index is 0.530. The summed E-state index contributed by atoms with van der Waals surface area (Å²) < 4.78 is 4.53. The lowest BCUT2D eigenvalue weighted by Crippen LogP contribution is -2.02. The third-order valence-electron chi connectivity index (χ3n) is 11.5. The van der Waals surface area contributed by atoms with Crippen LogP contribution in [0.1, 0.15) is 27.8 Å². The molecule has 0 amide bonds. The summed E-state index contributed by atoms with van der Waals surface area (Å²) in [6, 6.07) is 58.0. The standard InChI is InChI=1S/C54H38N4/c1-33-23-34(2)26-41(25-33)38-17-20-50-46(30-38)44-13-6-8-15-48(44)57(50)52-22-19-43(40-12-10-11-37(29-40)32-55)54(53(52)56-5)58-49-16-9-7-14-45(49)47-31-39(18-21-51(47)58)42-27-35(3)24-36(4)28-42/h6-31H,1-4H3. The Bertz CT molecular complexity index is 3370. The zero-order chi connectivity index (χ0) is 39.7. The second-order valence-electron chi connectivity index (χ2n) is 15.6. The quantitative estimate of drug-likeness (QED) is 0.162. The number of benzene rings is 8.